The highest BCUT2D eigenvalue weighted by Gasteiger charge is 2.07. The van der Waals surface area contributed by atoms with E-state index in [1.54, 1.807) is 0 Å². The van der Waals surface area contributed by atoms with Gasteiger partial charge in [-0.3, -0.25) is 0 Å². The molecular weight excluding hydrogens is 136 g/mol. The summed E-state index contributed by atoms with van der Waals surface area (Å²) in [5.74, 6) is 0.227. The summed E-state index contributed by atoms with van der Waals surface area (Å²) in [6, 6.07) is 2.33. The first-order valence-electron chi connectivity index (χ1n) is 4.32. The van der Waals surface area contributed by atoms with Crippen molar-refractivity contribution in [1.82, 2.24) is 4.90 Å². The standard InChI is InChI=1S/C9H18N2/c1-4-6-9(7-10)8-11(3)5-2/h9H,4-6,8H2,1-3H3. The lowest BCUT2D eigenvalue weighted by Gasteiger charge is -2.16. The van der Waals surface area contributed by atoms with E-state index in [0.29, 0.717) is 0 Å². The predicted molar refractivity (Wildman–Crippen MR) is 47.2 cm³/mol. The van der Waals surface area contributed by atoms with Gasteiger partial charge in [0.15, 0.2) is 0 Å². The van der Waals surface area contributed by atoms with E-state index in [1.165, 1.54) is 0 Å². The molecule has 1 atom stereocenters. The Hall–Kier alpha value is -0.550. The Bertz CT molecular complexity index is 126. The average molecular weight is 154 g/mol. The number of hydrogen-bond donors (Lipinski definition) is 0. The Labute approximate surface area is 69.8 Å². The van der Waals surface area contributed by atoms with Crippen molar-refractivity contribution >= 4 is 0 Å². The third-order valence-corrected chi connectivity index (χ3v) is 1.89. The van der Waals surface area contributed by atoms with Crippen molar-refractivity contribution in [2.45, 2.75) is 26.7 Å². The zero-order chi connectivity index (χ0) is 8.69. The zero-order valence-corrected chi connectivity index (χ0v) is 7.80. The highest BCUT2D eigenvalue weighted by atomic mass is 15.1. The molecule has 0 heterocycles. The summed E-state index contributed by atoms with van der Waals surface area (Å²) >= 11 is 0. The van der Waals surface area contributed by atoms with Gasteiger partial charge in [0.1, 0.15) is 0 Å². The Morgan fingerprint density at radius 3 is 2.45 bits per heavy atom. The lowest BCUT2D eigenvalue weighted by Crippen LogP contribution is -2.24. The number of nitriles is 1. The monoisotopic (exact) mass is 154 g/mol. The van der Waals surface area contributed by atoms with Crippen molar-refractivity contribution in [2.75, 3.05) is 20.1 Å². The molecule has 11 heavy (non-hydrogen) atoms. The van der Waals surface area contributed by atoms with Crippen LogP contribution in [0.25, 0.3) is 0 Å². The molecule has 0 aromatic rings. The van der Waals surface area contributed by atoms with E-state index in [4.69, 9.17) is 5.26 Å². The minimum absolute atomic E-state index is 0.227. The minimum atomic E-state index is 0.227. The first-order chi connectivity index (χ1) is 5.24. The van der Waals surface area contributed by atoms with Crippen molar-refractivity contribution in [3.05, 3.63) is 0 Å². The summed E-state index contributed by atoms with van der Waals surface area (Å²) < 4.78 is 0. The molecule has 0 saturated carbocycles. The van der Waals surface area contributed by atoms with Gasteiger partial charge in [-0.05, 0) is 20.0 Å². The highest BCUT2D eigenvalue weighted by Crippen LogP contribution is 2.05. The molecule has 0 aliphatic heterocycles. The van der Waals surface area contributed by atoms with Gasteiger partial charge in [0.05, 0.1) is 12.0 Å². The van der Waals surface area contributed by atoms with Crippen molar-refractivity contribution in [3.63, 3.8) is 0 Å². The molecule has 2 heteroatoms. The topological polar surface area (TPSA) is 27.0 Å². The molecule has 0 aromatic heterocycles. The van der Waals surface area contributed by atoms with Crippen LogP contribution in [0.3, 0.4) is 0 Å². The summed E-state index contributed by atoms with van der Waals surface area (Å²) in [7, 11) is 2.06. The molecule has 64 valence electrons. The number of nitrogens with zero attached hydrogens (tertiary/aromatic N) is 2. The summed E-state index contributed by atoms with van der Waals surface area (Å²) in [5.41, 5.74) is 0. The summed E-state index contributed by atoms with van der Waals surface area (Å²) in [6.45, 7) is 6.18. The quantitative estimate of drug-likeness (QED) is 0.604. The van der Waals surface area contributed by atoms with E-state index >= 15 is 0 Å². The molecule has 0 fully saturated rings. The van der Waals surface area contributed by atoms with Crippen LogP contribution in [0, 0.1) is 17.2 Å². The average Bonchev–Trinajstić information content (AvgIpc) is 2.03. The van der Waals surface area contributed by atoms with Crippen LogP contribution in [0.1, 0.15) is 26.7 Å². The highest BCUT2D eigenvalue weighted by molar-refractivity contribution is 4.83. The Morgan fingerprint density at radius 1 is 1.45 bits per heavy atom. The van der Waals surface area contributed by atoms with E-state index in [1.807, 2.05) is 0 Å². The van der Waals surface area contributed by atoms with Gasteiger partial charge in [-0.15, -0.1) is 0 Å². The van der Waals surface area contributed by atoms with E-state index in [-0.39, 0.29) is 5.92 Å². The summed E-state index contributed by atoms with van der Waals surface area (Å²) in [6.07, 6.45) is 2.14. The molecule has 0 saturated heterocycles. The normalized spacial score (nSPS) is 13.0. The molecule has 1 unspecified atom stereocenters. The first kappa shape index (κ1) is 10.4. The molecule has 0 N–H and O–H groups in total. The predicted octanol–water partition coefficient (Wildman–Crippen LogP) is 1.88. The maximum atomic E-state index is 8.72. The second-order valence-electron chi connectivity index (χ2n) is 2.97. The van der Waals surface area contributed by atoms with Gasteiger partial charge in [-0.25, -0.2) is 0 Å². The second kappa shape index (κ2) is 6.18. The van der Waals surface area contributed by atoms with Crippen molar-refractivity contribution < 1.29 is 0 Å². The molecule has 0 rings (SSSR count). The van der Waals surface area contributed by atoms with Crippen molar-refractivity contribution in [3.8, 4) is 6.07 Å². The van der Waals surface area contributed by atoms with E-state index < -0.39 is 0 Å². The molecule has 0 bridgehead atoms. The third-order valence-electron chi connectivity index (χ3n) is 1.89. The fraction of sp³-hybridized carbons (Fsp3) is 0.889. The van der Waals surface area contributed by atoms with E-state index in [2.05, 4.69) is 31.9 Å². The van der Waals surface area contributed by atoms with Gasteiger partial charge in [0.25, 0.3) is 0 Å². The van der Waals surface area contributed by atoms with Gasteiger partial charge >= 0.3 is 0 Å². The smallest absolute Gasteiger partial charge is 0.0669 e. The van der Waals surface area contributed by atoms with Crippen LogP contribution in [0.2, 0.25) is 0 Å². The molecule has 2 nitrogen and oxygen atoms in total. The van der Waals surface area contributed by atoms with Crippen molar-refractivity contribution in [2.24, 2.45) is 5.92 Å². The summed E-state index contributed by atoms with van der Waals surface area (Å²) in [4.78, 5) is 2.18. The van der Waals surface area contributed by atoms with Crippen LogP contribution in [0.4, 0.5) is 0 Å². The molecular formula is C9H18N2. The van der Waals surface area contributed by atoms with Crippen LogP contribution in [0.15, 0.2) is 0 Å². The van der Waals surface area contributed by atoms with Crippen LogP contribution < -0.4 is 0 Å². The van der Waals surface area contributed by atoms with Gasteiger partial charge in [0, 0.05) is 6.54 Å². The van der Waals surface area contributed by atoms with Gasteiger partial charge in [-0.2, -0.15) is 5.26 Å². The Balaban J connectivity index is 3.61. The maximum absolute atomic E-state index is 8.72. The number of hydrogen-bond acceptors (Lipinski definition) is 2. The molecule has 0 radical (unpaired) electrons. The summed E-state index contributed by atoms with van der Waals surface area (Å²) in [5, 5.41) is 8.72. The van der Waals surface area contributed by atoms with Gasteiger partial charge in [-0.1, -0.05) is 20.3 Å². The largest absolute Gasteiger partial charge is 0.305 e. The van der Waals surface area contributed by atoms with Gasteiger partial charge < -0.3 is 4.90 Å². The fourth-order valence-corrected chi connectivity index (χ4v) is 1.05. The molecule has 0 amide bonds. The lowest BCUT2D eigenvalue weighted by molar-refractivity contribution is 0.310. The van der Waals surface area contributed by atoms with Gasteiger partial charge in [0.2, 0.25) is 0 Å². The third kappa shape index (κ3) is 4.80. The molecule has 0 aromatic carbocycles. The molecule has 0 spiro atoms. The molecule has 0 aliphatic rings. The first-order valence-corrected chi connectivity index (χ1v) is 4.32. The van der Waals surface area contributed by atoms with E-state index in [9.17, 15) is 0 Å². The minimum Gasteiger partial charge on any atom is -0.305 e. The Kier molecular flexibility index (Phi) is 5.87. The van der Waals surface area contributed by atoms with Crippen LogP contribution in [-0.2, 0) is 0 Å². The zero-order valence-electron chi connectivity index (χ0n) is 7.80. The SMILES string of the molecule is CCCC(C#N)CN(C)CC. The van der Waals surface area contributed by atoms with Crippen LogP contribution >= 0.6 is 0 Å². The second-order valence-corrected chi connectivity index (χ2v) is 2.97. The van der Waals surface area contributed by atoms with Crippen LogP contribution in [-0.4, -0.2) is 25.0 Å². The van der Waals surface area contributed by atoms with Crippen LogP contribution in [0.5, 0.6) is 0 Å². The maximum Gasteiger partial charge on any atom is 0.0669 e. The Morgan fingerprint density at radius 2 is 2.09 bits per heavy atom. The fourth-order valence-electron chi connectivity index (χ4n) is 1.05. The van der Waals surface area contributed by atoms with E-state index in [0.717, 1.165) is 25.9 Å². The van der Waals surface area contributed by atoms with Crippen molar-refractivity contribution in [1.29, 1.82) is 5.26 Å². The molecule has 0 aliphatic carbocycles. The lowest BCUT2D eigenvalue weighted by atomic mass is 10.1. The number of rotatable bonds is 5.